The lowest BCUT2D eigenvalue weighted by Crippen LogP contribution is -2.27. The van der Waals surface area contributed by atoms with Crippen LogP contribution in [0, 0.1) is 10.1 Å². The Bertz CT molecular complexity index is 944. The van der Waals surface area contributed by atoms with Crippen molar-refractivity contribution in [2.24, 2.45) is 0 Å². The van der Waals surface area contributed by atoms with Gasteiger partial charge in [-0.2, -0.15) is 0 Å². The number of rotatable bonds is 5. The molecule has 0 saturated carbocycles. The number of aromatic amines is 1. The van der Waals surface area contributed by atoms with E-state index in [0.717, 1.165) is 23.1 Å². The summed E-state index contributed by atoms with van der Waals surface area (Å²) in [6.07, 6.45) is 4.51. The molecule has 0 radical (unpaired) electrons. The van der Waals surface area contributed by atoms with E-state index in [4.69, 9.17) is 0 Å². The molecule has 4 rings (SSSR count). The van der Waals surface area contributed by atoms with Crippen molar-refractivity contribution in [3.05, 3.63) is 64.3 Å². The Morgan fingerprint density at radius 2 is 2.12 bits per heavy atom. The summed E-state index contributed by atoms with van der Waals surface area (Å²) in [5.41, 5.74) is 3.78. The molecule has 1 aromatic heterocycles. The van der Waals surface area contributed by atoms with Crippen LogP contribution in [-0.4, -0.2) is 22.5 Å². The SMILES string of the molecule is CC(c1c[nH]c2ccc(Nc3ccccc3[N+](=O)[O-])cc12)C1CCCN1. The van der Waals surface area contributed by atoms with Crippen LogP contribution in [0.15, 0.2) is 48.7 Å². The molecule has 2 heterocycles. The molecule has 0 spiro atoms. The minimum atomic E-state index is -0.365. The van der Waals surface area contributed by atoms with Crippen LogP contribution in [0.5, 0.6) is 0 Å². The first-order valence-electron chi connectivity index (χ1n) is 8.98. The zero-order valence-corrected chi connectivity index (χ0v) is 14.7. The molecule has 2 atom stereocenters. The van der Waals surface area contributed by atoms with Crippen molar-refractivity contribution < 1.29 is 4.92 Å². The van der Waals surface area contributed by atoms with E-state index in [2.05, 4.69) is 34.8 Å². The molecule has 2 unspecified atom stereocenters. The summed E-state index contributed by atoms with van der Waals surface area (Å²) in [6.45, 7) is 3.34. The van der Waals surface area contributed by atoms with Crippen LogP contribution in [0.25, 0.3) is 10.9 Å². The zero-order valence-electron chi connectivity index (χ0n) is 14.7. The Morgan fingerprint density at radius 1 is 1.27 bits per heavy atom. The van der Waals surface area contributed by atoms with Crippen molar-refractivity contribution in [1.82, 2.24) is 10.3 Å². The Morgan fingerprint density at radius 3 is 2.88 bits per heavy atom. The molecule has 2 aromatic carbocycles. The van der Waals surface area contributed by atoms with Gasteiger partial charge in [-0.3, -0.25) is 10.1 Å². The summed E-state index contributed by atoms with van der Waals surface area (Å²) in [5, 5.41) is 19.2. The first-order chi connectivity index (χ1) is 12.6. The van der Waals surface area contributed by atoms with Gasteiger partial charge in [-0.15, -0.1) is 0 Å². The molecular weight excluding hydrogens is 328 g/mol. The van der Waals surface area contributed by atoms with Gasteiger partial charge in [0.15, 0.2) is 0 Å². The van der Waals surface area contributed by atoms with Crippen molar-refractivity contribution in [2.75, 3.05) is 11.9 Å². The molecule has 1 fully saturated rings. The van der Waals surface area contributed by atoms with Gasteiger partial charge in [0.05, 0.1) is 4.92 Å². The Labute approximate surface area is 151 Å². The Balaban J connectivity index is 1.67. The number of anilines is 2. The fourth-order valence-corrected chi connectivity index (χ4v) is 3.85. The number of hydrogen-bond donors (Lipinski definition) is 3. The van der Waals surface area contributed by atoms with Gasteiger partial charge in [0.1, 0.15) is 5.69 Å². The monoisotopic (exact) mass is 350 g/mol. The third kappa shape index (κ3) is 3.04. The first-order valence-corrected chi connectivity index (χ1v) is 8.98. The highest BCUT2D eigenvalue weighted by Gasteiger charge is 2.24. The standard InChI is InChI=1S/C20H22N4O2/c1-13(17-6-4-10-21-17)16-12-22-18-9-8-14(11-15(16)18)23-19-5-2-3-7-20(19)24(25)26/h2-3,5,7-9,11-13,17,21-23H,4,6,10H2,1H3. The lowest BCUT2D eigenvalue weighted by molar-refractivity contribution is -0.383. The van der Waals surface area contributed by atoms with Crippen LogP contribution in [-0.2, 0) is 0 Å². The van der Waals surface area contributed by atoms with Crippen LogP contribution in [0.2, 0.25) is 0 Å². The van der Waals surface area contributed by atoms with E-state index in [1.165, 1.54) is 24.5 Å². The van der Waals surface area contributed by atoms with Gasteiger partial charge in [0.25, 0.3) is 5.69 Å². The van der Waals surface area contributed by atoms with Gasteiger partial charge in [0.2, 0.25) is 0 Å². The van der Waals surface area contributed by atoms with E-state index < -0.39 is 0 Å². The van der Waals surface area contributed by atoms with Gasteiger partial charge in [-0.25, -0.2) is 0 Å². The van der Waals surface area contributed by atoms with Crippen LogP contribution in [0.3, 0.4) is 0 Å². The second-order valence-electron chi connectivity index (χ2n) is 6.90. The third-order valence-corrected chi connectivity index (χ3v) is 5.29. The summed E-state index contributed by atoms with van der Waals surface area (Å²) in [5.74, 6) is 0.410. The number of nitrogens with one attached hydrogen (secondary N) is 3. The van der Waals surface area contributed by atoms with Crippen LogP contribution >= 0.6 is 0 Å². The highest BCUT2D eigenvalue weighted by molar-refractivity contribution is 5.88. The largest absolute Gasteiger partial charge is 0.361 e. The fourth-order valence-electron chi connectivity index (χ4n) is 3.85. The average molecular weight is 350 g/mol. The molecule has 1 aliphatic rings. The van der Waals surface area contributed by atoms with E-state index in [0.29, 0.717) is 17.6 Å². The number of aromatic nitrogens is 1. The van der Waals surface area contributed by atoms with E-state index in [-0.39, 0.29) is 10.6 Å². The average Bonchev–Trinajstić information content (AvgIpc) is 3.31. The maximum absolute atomic E-state index is 11.2. The van der Waals surface area contributed by atoms with Gasteiger partial charge in [-0.1, -0.05) is 19.1 Å². The normalized spacial score (nSPS) is 18.1. The molecular formula is C20H22N4O2. The predicted molar refractivity (Wildman–Crippen MR) is 104 cm³/mol. The van der Waals surface area contributed by atoms with E-state index in [1.807, 2.05) is 12.1 Å². The number of nitro benzene ring substituents is 1. The molecule has 26 heavy (non-hydrogen) atoms. The van der Waals surface area contributed by atoms with Crippen molar-refractivity contribution in [3.8, 4) is 0 Å². The van der Waals surface area contributed by atoms with E-state index in [1.54, 1.807) is 18.2 Å². The first kappa shape index (κ1) is 16.6. The van der Waals surface area contributed by atoms with Gasteiger partial charge in [0, 0.05) is 34.9 Å². The minimum absolute atomic E-state index is 0.0745. The van der Waals surface area contributed by atoms with E-state index in [9.17, 15) is 10.1 Å². The maximum atomic E-state index is 11.2. The molecule has 0 bridgehead atoms. The van der Waals surface area contributed by atoms with Crippen molar-refractivity contribution in [3.63, 3.8) is 0 Å². The van der Waals surface area contributed by atoms with Crippen molar-refractivity contribution in [1.29, 1.82) is 0 Å². The molecule has 6 nitrogen and oxygen atoms in total. The lowest BCUT2D eigenvalue weighted by Gasteiger charge is -2.19. The zero-order chi connectivity index (χ0) is 18.1. The van der Waals surface area contributed by atoms with Gasteiger partial charge < -0.3 is 15.6 Å². The number of H-pyrrole nitrogens is 1. The summed E-state index contributed by atoms with van der Waals surface area (Å²) >= 11 is 0. The molecule has 6 heteroatoms. The molecule has 0 aliphatic carbocycles. The van der Waals surface area contributed by atoms with Crippen LogP contribution in [0.1, 0.15) is 31.2 Å². The Kier molecular flexibility index (Phi) is 4.34. The summed E-state index contributed by atoms with van der Waals surface area (Å²) in [7, 11) is 0. The highest BCUT2D eigenvalue weighted by atomic mass is 16.6. The number of nitrogens with zero attached hydrogens (tertiary/aromatic N) is 1. The van der Waals surface area contributed by atoms with Crippen LogP contribution < -0.4 is 10.6 Å². The molecule has 0 amide bonds. The molecule has 3 N–H and O–H groups in total. The predicted octanol–water partition coefficient (Wildman–Crippen LogP) is 4.68. The second-order valence-corrected chi connectivity index (χ2v) is 6.90. The number of fused-ring (bicyclic) bond motifs is 1. The Hall–Kier alpha value is -2.86. The van der Waals surface area contributed by atoms with Gasteiger partial charge in [-0.05, 0) is 55.1 Å². The third-order valence-electron chi connectivity index (χ3n) is 5.29. The lowest BCUT2D eigenvalue weighted by atomic mass is 9.92. The minimum Gasteiger partial charge on any atom is -0.361 e. The van der Waals surface area contributed by atoms with Crippen LogP contribution in [0.4, 0.5) is 17.1 Å². The molecule has 134 valence electrons. The quantitative estimate of drug-likeness (QED) is 0.461. The number of hydrogen-bond acceptors (Lipinski definition) is 4. The van der Waals surface area contributed by atoms with Gasteiger partial charge >= 0.3 is 0 Å². The summed E-state index contributed by atoms with van der Waals surface area (Å²) in [6, 6.07) is 13.2. The number of para-hydroxylation sites is 2. The van der Waals surface area contributed by atoms with Crippen molar-refractivity contribution >= 4 is 28.0 Å². The smallest absolute Gasteiger partial charge is 0.292 e. The summed E-state index contributed by atoms with van der Waals surface area (Å²) in [4.78, 5) is 14.2. The fraction of sp³-hybridized carbons (Fsp3) is 0.300. The summed E-state index contributed by atoms with van der Waals surface area (Å²) < 4.78 is 0. The van der Waals surface area contributed by atoms with E-state index >= 15 is 0 Å². The molecule has 3 aromatic rings. The second kappa shape index (κ2) is 6.80. The topological polar surface area (TPSA) is 83.0 Å². The molecule has 1 aliphatic heterocycles. The maximum Gasteiger partial charge on any atom is 0.292 e. The number of benzene rings is 2. The van der Waals surface area contributed by atoms with Crippen molar-refractivity contribution in [2.45, 2.75) is 31.7 Å². The highest BCUT2D eigenvalue weighted by Crippen LogP contribution is 2.34. The molecule has 1 saturated heterocycles. The number of nitro groups is 1.